The van der Waals surface area contributed by atoms with E-state index < -0.39 is 14.3 Å². The standard InChI is InChI=1S/C34H32N2O2P2/c37-39(27-15-5-1-6-16-27,28-17-7-2-8-18-28)33-25-13-23-31(35-33)32-24-14-26-34(36-32)40(38,29-19-9-3-10-20-29)30-21-11-4-12-22-30/h1-7,9-11,13-17,19-21,23-26,31,35H,8,12,18,22H2. The highest BCUT2D eigenvalue weighted by molar-refractivity contribution is 7.82. The zero-order valence-electron chi connectivity index (χ0n) is 22.3. The largest absolute Gasteiger partial charge is 0.370 e. The average molecular weight is 563 g/mol. The molecule has 0 saturated heterocycles. The molecule has 6 rings (SSSR count). The summed E-state index contributed by atoms with van der Waals surface area (Å²) in [6.07, 6.45) is 21.4. The van der Waals surface area contributed by atoms with Crippen molar-refractivity contribution in [2.75, 3.05) is 0 Å². The molecule has 0 bridgehead atoms. The van der Waals surface area contributed by atoms with E-state index in [1.165, 1.54) is 0 Å². The molecule has 0 saturated carbocycles. The highest BCUT2D eigenvalue weighted by Crippen LogP contribution is 2.61. The van der Waals surface area contributed by atoms with Crippen molar-refractivity contribution in [1.29, 1.82) is 0 Å². The number of benzene rings is 2. The first-order chi connectivity index (χ1) is 19.6. The fraction of sp³-hybridized carbons (Fsp3) is 0.147. The van der Waals surface area contributed by atoms with E-state index in [1.807, 2.05) is 121 Å². The van der Waals surface area contributed by atoms with Crippen molar-refractivity contribution in [3.05, 3.63) is 155 Å². The van der Waals surface area contributed by atoms with Crippen LogP contribution < -0.4 is 21.4 Å². The normalized spacial score (nSPS) is 21.3. The predicted octanol–water partition coefficient (Wildman–Crippen LogP) is 7.59. The van der Waals surface area contributed by atoms with E-state index in [-0.39, 0.29) is 6.04 Å². The summed E-state index contributed by atoms with van der Waals surface area (Å²) in [5.41, 5.74) is 2.03. The molecule has 3 unspecified atom stereocenters. The molecule has 1 aliphatic heterocycles. The van der Waals surface area contributed by atoms with E-state index in [0.717, 1.165) is 52.6 Å². The van der Waals surface area contributed by atoms with Crippen LogP contribution in [0.1, 0.15) is 37.4 Å². The van der Waals surface area contributed by atoms with Crippen LogP contribution >= 0.6 is 14.3 Å². The molecule has 1 aromatic heterocycles. The summed E-state index contributed by atoms with van der Waals surface area (Å²) in [6, 6.07) is 24.9. The maximum absolute atomic E-state index is 15.0. The van der Waals surface area contributed by atoms with E-state index in [9.17, 15) is 9.13 Å². The van der Waals surface area contributed by atoms with Crippen molar-refractivity contribution in [3.63, 3.8) is 0 Å². The zero-order chi connectivity index (χ0) is 27.4. The molecule has 40 heavy (non-hydrogen) atoms. The molecule has 2 aliphatic carbocycles. The van der Waals surface area contributed by atoms with Gasteiger partial charge in [-0.15, -0.1) is 0 Å². The number of aromatic nitrogens is 1. The molecule has 2 heterocycles. The number of rotatable bonds is 7. The van der Waals surface area contributed by atoms with E-state index in [4.69, 9.17) is 4.98 Å². The summed E-state index contributed by atoms with van der Waals surface area (Å²) < 4.78 is 29.9. The lowest BCUT2D eigenvalue weighted by Gasteiger charge is -2.31. The van der Waals surface area contributed by atoms with Gasteiger partial charge in [-0.1, -0.05) is 115 Å². The van der Waals surface area contributed by atoms with E-state index >= 15 is 0 Å². The van der Waals surface area contributed by atoms with Crippen molar-refractivity contribution in [3.8, 4) is 0 Å². The van der Waals surface area contributed by atoms with Gasteiger partial charge < -0.3 is 14.4 Å². The Morgan fingerprint density at radius 1 is 0.650 bits per heavy atom. The van der Waals surface area contributed by atoms with E-state index in [2.05, 4.69) is 17.5 Å². The summed E-state index contributed by atoms with van der Waals surface area (Å²) in [7, 11) is -6.22. The van der Waals surface area contributed by atoms with Crippen LogP contribution in [0.5, 0.6) is 0 Å². The number of pyridine rings is 1. The lowest BCUT2D eigenvalue weighted by Crippen LogP contribution is -2.28. The van der Waals surface area contributed by atoms with Crippen molar-refractivity contribution in [2.45, 2.75) is 31.7 Å². The minimum atomic E-state index is -3.13. The van der Waals surface area contributed by atoms with Gasteiger partial charge >= 0.3 is 0 Å². The van der Waals surface area contributed by atoms with E-state index in [0.29, 0.717) is 10.9 Å². The van der Waals surface area contributed by atoms with Crippen LogP contribution in [0.4, 0.5) is 0 Å². The lowest BCUT2D eigenvalue weighted by atomic mass is 10.1. The summed E-state index contributed by atoms with van der Waals surface area (Å²) in [5.74, 6) is 0. The number of hydrogen-bond donors (Lipinski definition) is 1. The van der Waals surface area contributed by atoms with E-state index in [1.54, 1.807) is 0 Å². The van der Waals surface area contributed by atoms with Crippen LogP contribution in [0.2, 0.25) is 0 Å². The molecule has 1 N–H and O–H groups in total. The quantitative estimate of drug-likeness (QED) is 0.302. The van der Waals surface area contributed by atoms with Gasteiger partial charge in [0.1, 0.15) is 5.44 Å². The zero-order valence-corrected chi connectivity index (χ0v) is 24.1. The summed E-state index contributed by atoms with van der Waals surface area (Å²) in [6.45, 7) is 0. The molecule has 0 spiro atoms. The molecule has 3 atom stereocenters. The fourth-order valence-electron chi connectivity index (χ4n) is 5.56. The molecule has 200 valence electrons. The van der Waals surface area contributed by atoms with Crippen molar-refractivity contribution >= 4 is 30.3 Å². The number of nitrogens with one attached hydrogen (secondary N) is 1. The van der Waals surface area contributed by atoms with Crippen LogP contribution in [-0.4, -0.2) is 4.98 Å². The SMILES string of the molecule is O=P(C1=CC=CCC1)(C1=CC=CC(c2cccc(P(=O)(C3=CC=CCC3)c3ccccc3)n2)N1)c1ccccc1. The first-order valence-corrected chi connectivity index (χ1v) is 17.2. The molecular weight excluding hydrogens is 530 g/mol. The van der Waals surface area contributed by atoms with Gasteiger partial charge in [-0.25, -0.2) is 4.98 Å². The van der Waals surface area contributed by atoms with Crippen LogP contribution in [-0.2, 0) is 9.13 Å². The van der Waals surface area contributed by atoms with Crippen LogP contribution in [0.25, 0.3) is 0 Å². The number of dihydropyridines is 1. The Hall–Kier alpha value is -3.71. The van der Waals surface area contributed by atoms with Crippen molar-refractivity contribution in [1.82, 2.24) is 10.3 Å². The van der Waals surface area contributed by atoms with Crippen LogP contribution in [0.15, 0.2) is 150 Å². The lowest BCUT2D eigenvalue weighted by molar-refractivity contribution is 0.581. The molecule has 0 radical (unpaired) electrons. The van der Waals surface area contributed by atoms with Crippen molar-refractivity contribution < 1.29 is 9.13 Å². The Labute approximate surface area is 236 Å². The monoisotopic (exact) mass is 562 g/mol. The predicted molar refractivity (Wildman–Crippen MR) is 167 cm³/mol. The molecular formula is C34H32N2O2P2. The second kappa shape index (κ2) is 11.4. The van der Waals surface area contributed by atoms with Gasteiger partial charge in [0.25, 0.3) is 0 Å². The highest BCUT2D eigenvalue weighted by Gasteiger charge is 2.37. The Bertz CT molecular complexity index is 1680. The minimum absolute atomic E-state index is 0.304. The first-order valence-electron chi connectivity index (χ1n) is 13.8. The third-order valence-electron chi connectivity index (χ3n) is 7.63. The average Bonchev–Trinajstić information content (AvgIpc) is 3.06. The van der Waals surface area contributed by atoms with Crippen LogP contribution in [0.3, 0.4) is 0 Å². The Morgan fingerprint density at radius 3 is 1.85 bits per heavy atom. The highest BCUT2D eigenvalue weighted by atomic mass is 31.2. The molecule has 3 aliphatic rings. The molecule has 2 aromatic carbocycles. The Kier molecular flexibility index (Phi) is 7.57. The smallest absolute Gasteiger partial charge is 0.184 e. The van der Waals surface area contributed by atoms with Gasteiger partial charge in [-0.3, -0.25) is 0 Å². The second-order valence-corrected chi connectivity index (χ2v) is 15.7. The number of hydrogen-bond acceptors (Lipinski definition) is 4. The topological polar surface area (TPSA) is 59.1 Å². The number of allylic oxidation sites excluding steroid dienone is 10. The second-order valence-electron chi connectivity index (χ2n) is 10.1. The van der Waals surface area contributed by atoms with Crippen LogP contribution in [0, 0.1) is 0 Å². The van der Waals surface area contributed by atoms with Gasteiger partial charge in [0.15, 0.2) is 14.3 Å². The maximum Gasteiger partial charge on any atom is 0.184 e. The fourth-order valence-corrected chi connectivity index (χ4v) is 11.2. The van der Waals surface area contributed by atoms with Crippen molar-refractivity contribution in [2.24, 2.45) is 0 Å². The third-order valence-corrected chi connectivity index (χ3v) is 13.9. The number of nitrogens with zero attached hydrogens (tertiary/aromatic N) is 1. The van der Waals surface area contributed by atoms with Gasteiger partial charge in [0.05, 0.1) is 17.2 Å². The molecule has 0 amide bonds. The maximum atomic E-state index is 15.0. The van der Waals surface area contributed by atoms with Gasteiger partial charge in [0, 0.05) is 10.6 Å². The Morgan fingerprint density at radius 2 is 1.25 bits per heavy atom. The first kappa shape index (κ1) is 26.5. The summed E-state index contributed by atoms with van der Waals surface area (Å²) >= 11 is 0. The summed E-state index contributed by atoms with van der Waals surface area (Å²) in [5, 5.41) is 7.05. The van der Waals surface area contributed by atoms with Gasteiger partial charge in [-0.05, 0) is 54.5 Å². The van der Waals surface area contributed by atoms with Gasteiger partial charge in [0.2, 0.25) is 0 Å². The molecule has 4 nitrogen and oxygen atoms in total. The molecule has 3 aromatic rings. The summed E-state index contributed by atoms with van der Waals surface area (Å²) in [4.78, 5) is 5.04. The Balaban J connectivity index is 1.39. The third kappa shape index (κ3) is 4.87. The minimum Gasteiger partial charge on any atom is -0.370 e. The molecule has 6 heteroatoms. The molecule has 0 fully saturated rings. The van der Waals surface area contributed by atoms with Gasteiger partial charge in [-0.2, -0.15) is 0 Å².